The number of fused-ring (bicyclic) bond motifs is 1. The molecule has 1 atom stereocenters. The molecular weight excluding hydrogens is 314 g/mol. The molecule has 0 spiro atoms. The van der Waals surface area contributed by atoms with Crippen LogP contribution < -0.4 is 10.1 Å². The van der Waals surface area contributed by atoms with Gasteiger partial charge in [-0.3, -0.25) is 10.1 Å². The van der Waals surface area contributed by atoms with Gasteiger partial charge < -0.3 is 9.30 Å². The highest BCUT2D eigenvalue weighted by Crippen LogP contribution is 2.29. The summed E-state index contributed by atoms with van der Waals surface area (Å²) in [5, 5.41) is 3.01. The van der Waals surface area contributed by atoms with Crippen LogP contribution in [0.15, 0.2) is 29.8 Å². The molecule has 1 aliphatic carbocycles. The fraction of sp³-hybridized carbons (Fsp3) is 0.500. The summed E-state index contributed by atoms with van der Waals surface area (Å²) in [6.45, 7) is 6.34. The highest BCUT2D eigenvalue weighted by molar-refractivity contribution is 5.91. The van der Waals surface area contributed by atoms with Crippen LogP contribution >= 0.6 is 0 Å². The number of nitrogens with zero attached hydrogens (tertiary/aromatic N) is 2. The average Bonchev–Trinajstić information content (AvgIpc) is 3.14. The predicted octanol–water partition coefficient (Wildman–Crippen LogP) is 4.70. The number of carbonyl (C=O) groups is 1. The maximum absolute atomic E-state index is 12.4. The smallest absolute Gasteiger partial charge is 0.226 e. The van der Waals surface area contributed by atoms with Crippen LogP contribution in [0.1, 0.15) is 52.5 Å². The van der Waals surface area contributed by atoms with E-state index in [1.54, 1.807) is 7.11 Å². The molecular formula is C20H27N3O2. The van der Waals surface area contributed by atoms with Gasteiger partial charge in [0, 0.05) is 18.5 Å². The lowest BCUT2D eigenvalue weighted by atomic mass is 9.99. The van der Waals surface area contributed by atoms with Gasteiger partial charge in [0.15, 0.2) is 0 Å². The van der Waals surface area contributed by atoms with Gasteiger partial charge in [-0.1, -0.05) is 11.6 Å². The number of allylic oxidation sites excluding steroid dienone is 2. The number of hydrogen-bond acceptors (Lipinski definition) is 3. The first-order valence-electron chi connectivity index (χ1n) is 8.99. The van der Waals surface area contributed by atoms with Crippen LogP contribution in [0, 0.1) is 5.92 Å². The normalized spacial score (nSPS) is 17.2. The van der Waals surface area contributed by atoms with Gasteiger partial charge >= 0.3 is 0 Å². The Morgan fingerprint density at radius 1 is 1.44 bits per heavy atom. The summed E-state index contributed by atoms with van der Waals surface area (Å²) >= 11 is 0. The Balaban J connectivity index is 1.73. The number of ether oxygens (including phenoxy) is 1. The minimum atomic E-state index is 0.0359. The summed E-state index contributed by atoms with van der Waals surface area (Å²) in [5.41, 5.74) is 3.28. The van der Waals surface area contributed by atoms with Crippen LogP contribution in [0.3, 0.4) is 0 Å². The van der Waals surface area contributed by atoms with Crippen LogP contribution in [0.2, 0.25) is 0 Å². The van der Waals surface area contributed by atoms with E-state index in [4.69, 9.17) is 4.74 Å². The first-order valence-corrected chi connectivity index (χ1v) is 8.99. The second-order valence-corrected chi connectivity index (χ2v) is 7.20. The predicted molar refractivity (Wildman–Crippen MR) is 101 cm³/mol. The number of anilines is 1. The lowest BCUT2D eigenvalue weighted by Crippen LogP contribution is -2.17. The number of hydrogen-bond donors (Lipinski definition) is 1. The molecule has 0 aliphatic heterocycles. The molecule has 1 aromatic carbocycles. The first kappa shape index (κ1) is 17.5. The Morgan fingerprint density at radius 2 is 2.24 bits per heavy atom. The molecule has 5 nitrogen and oxygen atoms in total. The number of imidazole rings is 1. The van der Waals surface area contributed by atoms with Gasteiger partial charge in [0.05, 0.1) is 18.1 Å². The Bertz CT molecular complexity index is 805. The molecule has 0 saturated carbocycles. The van der Waals surface area contributed by atoms with E-state index < -0.39 is 0 Å². The number of aromatic nitrogens is 2. The van der Waals surface area contributed by atoms with Crippen LogP contribution in [-0.4, -0.2) is 22.6 Å². The highest BCUT2D eigenvalue weighted by Gasteiger charge is 2.19. The van der Waals surface area contributed by atoms with E-state index in [1.165, 1.54) is 5.57 Å². The Hall–Kier alpha value is -2.30. The van der Waals surface area contributed by atoms with Crippen molar-refractivity contribution in [3.05, 3.63) is 29.8 Å². The highest BCUT2D eigenvalue weighted by atomic mass is 16.5. The SMILES string of the molecule is COc1ccc2nc(NC(=O)CCC3CC=C(C)C3)n(C(C)C)c2c1. The zero-order valence-corrected chi connectivity index (χ0v) is 15.5. The second kappa shape index (κ2) is 7.30. The third kappa shape index (κ3) is 3.86. The van der Waals surface area contributed by atoms with E-state index in [0.717, 1.165) is 36.0 Å². The molecule has 0 fully saturated rings. The monoisotopic (exact) mass is 341 g/mol. The van der Waals surface area contributed by atoms with Gasteiger partial charge in [0.1, 0.15) is 5.75 Å². The number of methoxy groups -OCH3 is 1. The van der Waals surface area contributed by atoms with E-state index >= 15 is 0 Å². The van der Waals surface area contributed by atoms with Gasteiger partial charge in [0.2, 0.25) is 11.9 Å². The fourth-order valence-electron chi connectivity index (χ4n) is 3.54. The molecule has 2 aromatic rings. The molecule has 0 radical (unpaired) electrons. The molecule has 1 heterocycles. The second-order valence-electron chi connectivity index (χ2n) is 7.20. The van der Waals surface area contributed by atoms with E-state index in [1.807, 2.05) is 18.2 Å². The Kier molecular flexibility index (Phi) is 5.11. The topological polar surface area (TPSA) is 56.1 Å². The number of rotatable bonds is 6. The first-order chi connectivity index (χ1) is 12.0. The minimum absolute atomic E-state index is 0.0359. The summed E-state index contributed by atoms with van der Waals surface area (Å²) in [6, 6.07) is 5.97. The zero-order valence-electron chi connectivity index (χ0n) is 15.5. The summed E-state index contributed by atoms with van der Waals surface area (Å²) < 4.78 is 7.37. The largest absolute Gasteiger partial charge is 0.497 e. The molecule has 0 bridgehead atoms. The quantitative estimate of drug-likeness (QED) is 0.775. The maximum atomic E-state index is 12.4. The number of benzene rings is 1. The molecule has 25 heavy (non-hydrogen) atoms. The summed E-state index contributed by atoms with van der Waals surface area (Å²) in [5.74, 6) is 2.05. The number of nitrogens with one attached hydrogen (secondary N) is 1. The molecule has 0 saturated heterocycles. The molecule has 3 rings (SSSR count). The molecule has 1 amide bonds. The number of carbonyl (C=O) groups excluding carboxylic acids is 1. The van der Waals surface area contributed by atoms with Crippen LogP contribution in [0.4, 0.5) is 5.95 Å². The average molecular weight is 341 g/mol. The Labute approximate surface area is 149 Å². The summed E-state index contributed by atoms with van der Waals surface area (Å²) in [4.78, 5) is 17.0. The van der Waals surface area contributed by atoms with E-state index in [2.05, 4.69) is 41.7 Å². The third-order valence-corrected chi connectivity index (χ3v) is 4.85. The van der Waals surface area contributed by atoms with Crippen molar-refractivity contribution in [1.29, 1.82) is 0 Å². The van der Waals surface area contributed by atoms with Crippen LogP contribution in [0.25, 0.3) is 11.0 Å². The molecule has 1 aromatic heterocycles. The number of amides is 1. The van der Waals surface area contributed by atoms with Crippen molar-refractivity contribution < 1.29 is 9.53 Å². The fourth-order valence-corrected chi connectivity index (χ4v) is 3.54. The van der Waals surface area contributed by atoms with Crippen LogP contribution in [-0.2, 0) is 4.79 Å². The summed E-state index contributed by atoms with van der Waals surface area (Å²) in [6.07, 6.45) is 5.97. The lowest BCUT2D eigenvalue weighted by Gasteiger charge is -2.14. The van der Waals surface area contributed by atoms with Gasteiger partial charge in [-0.05, 0) is 58.1 Å². The molecule has 134 valence electrons. The standard InChI is InChI=1S/C20H27N3O2/c1-13(2)23-18-12-16(25-4)8-9-17(18)21-20(23)22-19(24)10-7-15-6-5-14(3)11-15/h5,8-9,12-13,15H,6-7,10-11H2,1-4H3,(H,21,22,24). The molecule has 1 unspecified atom stereocenters. The zero-order chi connectivity index (χ0) is 18.0. The van der Waals surface area contributed by atoms with Crippen molar-refractivity contribution in [2.75, 3.05) is 12.4 Å². The van der Waals surface area contributed by atoms with Gasteiger partial charge in [-0.2, -0.15) is 0 Å². The van der Waals surface area contributed by atoms with Gasteiger partial charge in [-0.15, -0.1) is 0 Å². The maximum Gasteiger partial charge on any atom is 0.226 e. The molecule has 1 N–H and O–H groups in total. The van der Waals surface area contributed by atoms with Gasteiger partial charge in [0.25, 0.3) is 0 Å². The van der Waals surface area contributed by atoms with E-state index in [0.29, 0.717) is 18.3 Å². The van der Waals surface area contributed by atoms with E-state index in [-0.39, 0.29) is 11.9 Å². The van der Waals surface area contributed by atoms with Crippen molar-refractivity contribution in [3.63, 3.8) is 0 Å². The minimum Gasteiger partial charge on any atom is -0.497 e. The van der Waals surface area contributed by atoms with E-state index in [9.17, 15) is 4.79 Å². The van der Waals surface area contributed by atoms with Crippen molar-refractivity contribution in [2.24, 2.45) is 5.92 Å². The molecule has 1 aliphatic rings. The van der Waals surface area contributed by atoms with Crippen molar-refractivity contribution >= 4 is 22.9 Å². The van der Waals surface area contributed by atoms with Crippen molar-refractivity contribution in [1.82, 2.24) is 9.55 Å². The Morgan fingerprint density at radius 3 is 2.88 bits per heavy atom. The van der Waals surface area contributed by atoms with Gasteiger partial charge in [-0.25, -0.2) is 4.98 Å². The summed E-state index contributed by atoms with van der Waals surface area (Å²) in [7, 11) is 1.65. The van der Waals surface area contributed by atoms with Crippen molar-refractivity contribution in [3.8, 4) is 5.75 Å². The van der Waals surface area contributed by atoms with Crippen molar-refractivity contribution in [2.45, 2.75) is 52.5 Å². The lowest BCUT2D eigenvalue weighted by molar-refractivity contribution is -0.116. The third-order valence-electron chi connectivity index (χ3n) is 4.85. The molecule has 5 heteroatoms. The van der Waals surface area contributed by atoms with Crippen LogP contribution in [0.5, 0.6) is 5.75 Å².